The summed E-state index contributed by atoms with van der Waals surface area (Å²) in [5.74, 6) is -0.447. The summed E-state index contributed by atoms with van der Waals surface area (Å²) in [7, 11) is 2.23. The van der Waals surface area contributed by atoms with Gasteiger partial charge in [-0.2, -0.15) is 0 Å². The summed E-state index contributed by atoms with van der Waals surface area (Å²) < 4.78 is 42.0. The molecule has 0 heterocycles. The molecule has 10 heteroatoms. The average molecular weight is 431 g/mol. The van der Waals surface area contributed by atoms with E-state index in [-0.39, 0.29) is 21.4 Å². The average Bonchev–Trinajstić information content (AvgIpc) is 2.59. The zero-order valence-electron chi connectivity index (χ0n) is 13.6. The van der Waals surface area contributed by atoms with Gasteiger partial charge in [-0.25, -0.2) is 8.42 Å². The summed E-state index contributed by atoms with van der Waals surface area (Å²) in [6.45, 7) is 2.72. The highest BCUT2D eigenvalue weighted by Crippen LogP contribution is 2.42. The molecule has 138 valence electrons. The molecule has 0 aliphatic rings. The normalized spacial score (nSPS) is 13.2. The summed E-state index contributed by atoms with van der Waals surface area (Å²) in [4.78, 5) is 23.9. The predicted octanol–water partition coefficient (Wildman–Crippen LogP) is 4.05. The lowest BCUT2D eigenvalue weighted by Crippen LogP contribution is -1.98. The van der Waals surface area contributed by atoms with Gasteiger partial charge < -0.3 is 9.11 Å². The van der Waals surface area contributed by atoms with Crippen molar-refractivity contribution in [3.05, 3.63) is 47.5 Å². The minimum absolute atomic E-state index is 0.0854. The van der Waals surface area contributed by atoms with E-state index in [4.69, 9.17) is 0 Å². The SMILES string of the molecule is CC(=O)c1ccc(SSc2ccc(C(C)=O)cc2S(=O)O)c(S(=O)O)c1. The molecule has 0 saturated carbocycles. The number of carbonyl (C=O) groups excluding carboxylic acids is 2. The van der Waals surface area contributed by atoms with Gasteiger partial charge in [-0.3, -0.25) is 9.59 Å². The van der Waals surface area contributed by atoms with Crippen molar-refractivity contribution in [1.82, 2.24) is 0 Å². The summed E-state index contributed by atoms with van der Waals surface area (Å²) in [6, 6.07) is 8.91. The van der Waals surface area contributed by atoms with Crippen LogP contribution in [0.15, 0.2) is 56.0 Å². The summed E-state index contributed by atoms with van der Waals surface area (Å²) in [5, 5.41) is 0. The van der Waals surface area contributed by atoms with Gasteiger partial charge in [0.2, 0.25) is 0 Å². The predicted molar refractivity (Wildman–Crippen MR) is 103 cm³/mol. The van der Waals surface area contributed by atoms with Crippen LogP contribution in [0.25, 0.3) is 0 Å². The van der Waals surface area contributed by atoms with Crippen LogP contribution in [-0.4, -0.2) is 29.1 Å². The standard InChI is InChI=1S/C16H14O6S4/c1-9(17)11-3-5-13(15(7-11)25(19)20)23-24-14-6-4-12(10(2)18)8-16(14)26(21)22/h3-8H,1-2H3,(H,19,20)(H,21,22). The van der Waals surface area contributed by atoms with Crippen molar-refractivity contribution in [1.29, 1.82) is 0 Å². The molecule has 6 nitrogen and oxygen atoms in total. The van der Waals surface area contributed by atoms with E-state index in [0.29, 0.717) is 20.9 Å². The Morgan fingerprint density at radius 2 is 1.12 bits per heavy atom. The molecular formula is C16H14O6S4. The van der Waals surface area contributed by atoms with Crippen LogP contribution in [0.1, 0.15) is 34.6 Å². The van der Waals surface area contributed by atoms with Crippen molar-refractivity contribution in [2.24, 2.45) is 0 Å². The fourth-order valence-electron chi connectivity index (χ4n) is 1.95. The van der Waals surface area contributed by atoms with Crippen LogP contribution in [0.4, 0.5) is 0 Å². The quantitative estimate of drug-likeness (QED) is 0.385. The molecule has 2 atom stereocenters. The van der Waals surface area contributed by atoms with Crippen molar-refractivity contribution >= 4 is 55.3 Å². The van der Waals surface area contributed by atoms with Crippen LogP contribution in [-0.2, 0) is 22.2 Å². The number of rotatable bonds is 7. The van der Waals surface area contributed by atoms with Gasteiger partial charge in [0.1, 0.15) is 0 Å². The molecule has 0 saturated heterocycles. The molecule has 2 N–H and O–H groups in total. The first kappa shape index (κ1) is 21.0. The summed E-state index contributed by atoms with van der Waals surface area (Å²) in [6.07, 6.45) is 0. The van der Waals surface area contributed by atoms with Crippen LogP contribution >= 0.6 is 21.6 Å². The van der Waals surface area contributed by atoms with E-state index in [1.807, 2.05) is 0 Å². The molecular weight excluding hydrogens is 416 g/mol. The Hall–Kier alpha value is -1.30. The maximum atomic E-state index is 11.6. The fourth-order valence-corrected chi connectivity index (χ4v) is 6.00. The summed E-state index contributed by atoms with van der Waals surface area (Å²) >= 11 is -4.58. The lowest BCUT2D eigenvalue weighted by atomic mass is 10.1. The number of benzene rings is 2. The van der Waals surface area contributed by atoms with Gasteiger partial charge in [0.15, 0.2) is 33.7 Å². The minimum atomic E-state index is -2.29. The number of hydrogen-bond donors (Lipinski definition) is 2. The third-order valence-corrected chi connectivity index (χ3v) is 7.47. The molecule has 2 unspecified atom stereocenters. The number of hydrogen-bond acceptors (Lipinski definition) is 6. The molecule has 0 fully saturated rings. The van der Waals surface area contributed by atoms with E-state index in [0.717, 1.165) is 21.6 Å². The van der Waals surface area contributed by atoms with E-state index < -0.39 is 22.2 Å². The number of ketones is 2. The first-order chi connectivity index (χ1) is 12.2. The molecule has 0 spiro atoms. The first-order valence-electron chi connectivity index (χ1n) is 7.07. The number of Topliss-reactive ketones (excluding diaryl/α,β-unsaturated/α-hetero) is 2. The fraction of sp³-hybridized carbons (Fsp3) is 0.125. The maximum absolute atomic E-state index is 11.6. The Morgan fingerprint density at radius 1 is 0.769 bits per heavy atom. The molecule has 0 bridgehead atoms. The van der Waals surface area contributed by atoms with Crippen molar-refractivity contribution in [2.45, 2.75) is 33.4 Å². The molecule has 0 aliphatic carbocycles. The van der Waals surface area contributed by atoms with Crippen molar-refractivity contribution in [3.8, 4) is 0 Å². The molecule has 2 aromatic rings. The Balaban J connectivity index is 2.34. The van der Waals surface area contributed by atoms with Crippen molar-refractivity contribution < 1.29 is 27.1 Å². The van der Waals surface area contributed by atoms with Gasteiger partial charge in [0.25, 0.3) is 0 Å². The first-order valence-corrected chi connectivity index (χ1v) is 11.4. The van der Waals surface area contributed by atoms with Gasteiger partial charge >= 0.3 is 0 Å². The largest absolute Gasteiger partial charge is 0.302 e. The summed E-state index contributed by atoms with van der Waals surface area (Å²) in [5.41, 5.74) is 0.638. The third kappa shape index (κ3) is 5.12. The van der Waals surface area contributed by atoms with E-state index in [2.05, 4.69) is 0 Å². The maximum Gasteiger partial charge on any atom is 0.187 e. The molecule has 0 radical (unpaired) electrons. The Bertz CT molecular complexity index is 849. The van der Waals surface area contributed by atoms with Crippen molar-refractivity contribution in [3.63, 3.8) is 0 Å². The lowest BCUT2D eigenvalue weighted by Gasteiger charge is -2.10. The van der Waals surface area contributed by atoms with E-state index in [1.165, 1.54) is 26.0 Å². The topological polar surface area (TPSA) is 109 Å². The minimum Gasteiger partial charge on any atom is -0.302 e. The third-order valence-electron chi connectivity index (χ3n) is 3.30. The van der Waals surface area contributed by atoms with E-state index in [1.54, 1.807) is 24.3 Å². The van der Waals surface area contributed by atoms with Crippen LogP contribution in [0.2, 0.25) is 0 Å². The van der Waals surface area contributed by atoms with E-state index in [9.17, 15) is 27.1 Å². The zero-order valence-corrected chi connectivity index (χ0v) is 16.9. The second-order valence-electron chi connectivity index (χ2n) is 5.10. The molecule has 0 aromatic heterocycles. The van der Waals surface area contributed by atoms with Gasteiger partial charge in [0.05, 0.1) is 9.79 Å². The van der Waals surface area contributed by atoms with Crippen LogP contribution in [0, 0.1) is 0 Å². The highest BCUT2D eigenvalue weighted by atomic mass is 33.1. The Morgan fingerprint density at radius 3 is 1.38 bits per heavy atom. The molecule has 2 aromatic carbocycles. The smallest absolute Gasteiger partial charge is 0.187 e. The van der Waals surface area contributed by atoms with Gasteiger partial charge in [0, 0.05) is 20.9 Å². The second kappa shape index (κ2) is 9.07. The van der Waals surface area contributed by atoms with Crippen LogP contribution < -0.4 is 0 Å². The number of carbonyl (C=O) groups is 2. The van der Waals surface area contributed by atoms with Crippen LogP contribution in [0.5, 0.6) is 0 Å². The van der Waals surface area contributed by atoms with Gasteiger partial charge in [-0.1, -0.05) is 33.7 Å². The monoisotopic (exact) mass is 430 g/mol. The van der Waals surface area contributed by atoms with Crippen molar-refractivity contribution in [2.75, 3.05) is 0 Å². The Kier molecular flexibility index (Phi) is 7.33. The highest BCUT2D eigenvalue weighted by Gasteiger charge is 2.16. The lowest BCUT2D eigenvalue weighted by molar-refractivity contribution is 0.100. The molecule has 0 amide bonds. The molecule has 2 rings (SSSR count). The molecule has 26 heavy (non-hydrogen) atoms. The second-order valence-corrected chi connectivity index (χ2v) is 9.19. The Labute approximate surface area is 163 Å². The highest BCUT2D eigenvalue weighted by molar-refractivity contribution is 8.76. The molecule has 0 aliphatic heterocycles. The van der Waals surface area contributed by atoms with E-state index >= 15 is 0 Å². The van der Waals surface area contributed by atoms with Gasteiger partial charge in [-0.05, 0) is 38.1 Å². The van der Waals surface area contributed by atoms with Crippen LogP contribution in [0.3, 0.4) is 0 Å². The van der Waals surface area contributed by atoms with Gasteiger partial charge in [-0.15, -0.1) is 0 Å². The zero-order chi connectivity index (χ0) is 19.4.